The van der Waals surface area contributed by atoms with E-state index in [4.69, 9.17) is 16.7 Å². The first kappa shape index (κ1) is 15.0. The molecule has 0 heterocycles. The number of rotatable bonds is 6. The van der Waals surface area contributed by atoms with Crippen LogP contribution in [0.3, 0.4) is 0 Å². The molecule has 0 aliphatic heterocycles. The fraction of sp³-hybridized carbons (Fsp3) is 0.500. The van der Waals surface area contributed by atoms with Gasteiger partial charge in [-0.15, -0.1) is 0 Å². The average molecular weight is 270 g/mol. The molecule has 0 fully saturated rings. The van der Waals surface area contributed by atoms with E-state index in [0.29, 0.717) is 0 Å². The van der Waals surface area contributed by atoms with Crippen LogP contribution < -0.4 is 0 Å². The second kappa shape index (κ2) is 6.76. The lowest BCUT2D eigenvalue weighted by molar-refractivity contribution is -0.138. The summed E-state index contributed by atoms with van der Waals surface area (Å²) in [7, 11) is 0. The van der Waals surface area contributed by atoms with Gasteiger partial charge in [-0.05, 0) is 32.0 Å². The molecule has 2 unspecified atom stereocenters. The topological polar surface area (TPSA) is 40.5 Å². The number of halogens is 1. The lowest BCUT2D eigenvalue weighted by Crippen LogP contribution is -2.36. The van der Waals surface area contributed by atoms with Crippen LogP contribution >= 0.6 is 11.6 Å². The zero-order valence-corrected chi connectivity index (χ0v) is 11.8. The summed E-state index contributed by atoms with van der Waals surface area (Å²) in [4.78, 5) is 13.0. The third kappa shape index (κ3) is 3.72. The molecule has 3 nitrogen and oxygen atoms in total. The Morgan fingerprint density at radius 1 is 1.39 bits per heavy atom. The van der Waals surface area contributed by atoms with E-state index in [-0.39, 0.29) is 18.5 Å². The quantitative estimate of drug-likeness (QED) is 0.858. The first-order valence-electron chi connectivity index (χ1n) is 6.19. The Morgan fingerprint density at radius 2 is 2.00 bits per heavy atom. The van der Waals surface area contributed by atoms with Crippen LogP contribution in [-0.4, -0.2) is 28.6 Å². The van der Waals surface area contributed by atoms with Crippen LogP contribution in [0, 0.1) is 0 Å². The van der Waals surface area contributed by atoms with Crippen molar-refractivity contribution in [3.05, 3.63) is 34.9 Å². The van der Waals surface area contributed by atoms with E-state index in [2.05, 4.69) is 11.8 Å². The Balaban J connectivity index is 2.88. The first-order chi connectivity index (χ1) is 8.47. The van der Waals surface area contributed by atoms with Gasteiger partial charge in [0.15, 0.2) is 0 Å². The van der Waals surface area contributed by atoms with Crippen LogP contribution in [0.25, 0.3) is 0 Å². The fourth-order valence-electron chi connectivity index (χ4n) is 2.33. The van der Waals surface area contributed by atoms with Crippen molar-refractivity contribution in [2.75, 3.05) is 6.54 Å². The Morgan fingerprint density at radius 3 is 2.50 bits per heavy atom. The van der Waals surface area contributed by atoms with Crippen LogP contribution in [0.1, 0.15) is 38.8 Å². The molecule has 0 spiro atoms. The standard InChI is InChI=1S/C14H20ClNO2/c1-4-16(10(2)9-14(17)18)11(3)12-7-5-6-8-13(12)15/h5-8,10-11H,4,9H2,1-3H3,(H,17,18). The predicted molar refractivity (Wildman–Crippen MR) is 74.0 cm³/mol. The maximum Gasteiger partial charge on any atom is 0.304 e. The van der Waals surface area contributed by atoms with Gasteiger partial charge in [0.25, 0.3) is 0 Å². The zero-order chi connectivity index (χ0) is 13.7. The van der Waals surface area contributed by atoms with Crippen LogP contribution in [0.4, 0.5) is 0 Å². The van der Waals surface area contributed by atoms with Crippen molar-refractivity contribution in [3.8, 4) is 0 Å². The van der Waals surface area contributed by atoms with Gasteiger partial charge in [-0.25, -0.2) is 0 Å². The second-order valence-corrected chi connectivity index (χ2v) is 4.88. The summed E-state index contributed by atoms with van der Waals surface area (Å²) in [5.74, 6) is -0.771. The second-order valence-electron chi connectivity index (χ2n) is 4.47. The number of carbonyl (C=O) groups is 1. The molecule has 2 atom stereocenters. The molecule has 1 N–H and O–H groups in total. The molecule has 1 aromatic carbocycles. The summed E-state index contributed by atoms with van der Waals surface area (Å²) in [5, 5.41) is 9.61. The maximum atomic E-state index is 10.8. The molecule has 0 aliphatic carbocycles. The highest BCUT2D eigenvalue weighted by Gasteiger charge is 2.22. The number of carboxylic acids is 1. The molecule has 0 amide bonds. The minimum absolute atomic E-state index is 0.0150. The summed E-state index contributed by atoms with van der Waals surface area (Å²) in [6.45, 7) is 6.82. The van der Waals surface area contributed by atoms with Crippen molar-refractivity contribution in [3.63, 3.8) is 0 Å². The van der Waals surface area contributed by atoms with Crippen LogP contribution in [-0.2, 0) is 4.79 Å². The highest BCUT2D eigenvalue weighted by atomic mass is 35.5. The lowest BCUT2D eigenvalue weighted by atomic mass is 10.0. The highest BCUT2D eigenvalue weighted by Crippen LogP contribution is 2.28. The number of benzene rings is 1. The van der Waals surface area contributed by atoms with Crippen molar-refractivity contribution in [2.24, 2.45) is 0 Å². The van der Waals surface area contributed by atoms with Crippen LogP contribution in [0.5, 0.6) is 0 Å². The van der Waals surface area contributed by atoms with Gasteiger partial charge in [-0.1, -0.05) is 36.7 Å². The normalized spacial score (nSPS) is 14.5. The van der Waals surface area contributed by atoms with E-state index < -0.39 is 5.97 Å². The summed E-state index contributed by atoms with van der Waals surface area (Å²) in [6.07, 6.45) is 0.142. The van der Waals surface area contributed by atoms with Crippen LogP contribution in [0.2, 0.25) is 5.02 Å². The van der Waals surface area contributed by atoms with E-state index in [1.807, 2.05) is 38.1 Å². The Hall–Kier alpha value is -1.06. The van der Waals surface area contributed by atoms with Crippen molar-refractivity contribution in [1.29, 1.82) is 0 Å². The minimum atomic E-state index is -0.771. The molecule has 1 rings (SSSR count). The third-order valence-electron chi connectivity index (χ3n) is 3.25. The zero-order valence-electron chi connectivity index (χ0n) is 11.1. The highest BCUT2D eigenvalue weighted by molar-refractivity contribution is 6.31. The molecule has 100 valence electrons. The maximum absolute atomic E-state index is 10.8. The monoisotopic (exact) mass is 269 g/mol. The van der Waals surface area contributed by atoms with Gasteiger partial charge in [0, 0.05) is 17.1 Å². The largest absolute Gasteiger partial charge is 0.481 e. The smallest absolute Gasteiger partial charge is 0.304 e. The SMILES string of the molecule is CCN(C(C)CC(=O)O)C(C)c1ccccc1Cl. The fourth-order valence-corrected chi connectivity index (χ4v) is 2.62. The summed E-state index contributed by atoms with van der Waals surface area (Å²) in [5.41, 5.74) is 1.04. The van der Waals surface area contributed by atoms with E-state index in [9.17, 15) is 4.79 Å². The van der Waals surface area contributed by atoms with Crippen molar-refractivity contribution in [1.82, 2.24) is 4.90 Å². The van der Waals surface area contributed by atoms with Gasteiger partial charge >= 0.3 is 5.97 Å². The molecule has 18 heavy (non-hydrogen) atoms. The lowest BCUT2D eigenvalue weighted by Gasteiger charge is -2.33. The number of hydrogen-bond donors (Lipinski definition) is 1. The van der Waals surface area contributed by atoms with E-state index >= 15 is 0 Å². The molecule has 1 aromatic rings. The first-order valence-corrected chi connectivity index (χ1v) is 6.57. The minimum Gasteiger partial charge on any atom is -0.481 e. The Labute approximate surface area is 113 Å². The van der Waals surface area contributed by atoms with Crippen molar-refractivity contribution < 1.29 is 9.90 Å². The summed E-state index contributed by atoms with van der Waals surface area (Å²) in [6, 6.07) is 7.80. The van der Waals surface area contributed by atoms with Gasteiger partial charge in [-0.3, -0.25) is 9.69 Å². The number of nitrogens with zero attached hydrogens (tertiary/aromatic N) is 1. The third-order valence-corrected chi connectivity index (χ3v) is 3.60. The van der Waals surface area contributed by atoms with E-state index in [1.54, 1.807) is 0 Å². The molecule has 0 aromatic heterocycles. The summed E-state index contributed by atoms with van der Waals surface area (Å²) >= 11 is 6.19. The van der Waals surface area contributed by atoms with Crippen molar-refractivity contribution >= 4 is 17.6 Å². The molecular weight excluding hydrogens is 250 g/mol. The molecule has 0 bridgehead atoms. The Kier molecular flexibility index (Phi) is 5.63. The van der Waals surface area contributed by atoms with E-state index in [0.717, 1.165) is 17.1 Å². The molecule has 0 saturated carbocycles. The summed E-state index contributed by atoms with van der Waals surface area (Å²) < 4.78 is 0. The van der Waals surface area contributed by atoms with Gasteiger partial charge in [0.1, 0.15) is 0 Å². The number of hydrogen-bond acceptors (Lipinski definition) is 2. The van der Waals surface area contributed by atoms with E-state index in [1.165, 1.54) is 0 Å². The Bertz CT molecular complexity index is 409. The van der Waals surface area contributed by atoms with Crippen LogP contribution in [0.15, 0.2) is 24.3 Å². The number of aliphatic carboxylic acids is 1. The molecule has 0 radical (unpaired) electrons. The van der Waals surface area contributed by atoms with Gasteiger partial charge in [-0.2, -0.15) is 0 Å². The number of carboxylic acid groups (broad SMARTS) is 1. The van der Waals surface area contributed by atoms with Gasteiger partial charge < -0.3 is 5.11 Å². The van der Waals surface area contributed by atoms with Gasteiger partial charge in [0.05, 0.1) is 6.42 Å². The molecule has 4 heteroatoms. The molecular formula is C14H20ClNO2. The predicted octanol–water partition coefficient (Wildman–Crippen LogP) is 3.59. The molecule has 0 aliphatic rings. The average Bonchev–Trinajstić information content (AvgIpc) is 2.29. The van der Waals surface area contributed by atoms with Gasteiger partial charge in [0.2, 0.25) is 0 Å². The van der Waals surface area contributed by atoms with Crippen molar-refractivity contribution in [2.45, 2.75) is 39.3 Å². The molecule has 0 saturated heterocycles.